The number of aromatic nitrogens is 2. The fraction of sp³-hybridized carbons (Fsp3) is 0.0417. The van der Waals surface area contributed by atoms with Crippen LogP contribution in [0.4, 0.5) is 0 Å². The van der Waals surface area contributed by atoms with Gasteiger partial charge in [-0.25, -0.2) is 0 Å². The van der Waals surface area contributed by atoms with Gasteiger partial charge in [-0.1, -0.05) is 115 Å². The minimum Gasteiger partial charge on any atom is -0.344 e. The highest BCUT2D eigenvalue weighted by atomic mass is 14.9. The molecule has 50 heavy (non-hydrogen) atoms. The SMILES string of the molecule is Cn1c2ccccc2c2cc(-c3ccc4cc(/C=C/c5ccc6cc(-c7ccc8c9ccccc9n(C)c8c7)ccc6c5)ccc4c3)ccc21. The van der Waals surface area contributed by atoms with Crippen LogP contribution in [-0.2, 0) is 14.1 Å². The van der Waals surface area contributed by atoms with Gasteiger partial charge < -0.3 is 9.13 Å². The Morgan fingerprint density at radius 3 is 1.38 bits per heavy atom. The lowest BCUT2D eigenvalue weighted by atomic mass is 9.98. The van der Waals surface area contributed by atoms with Gasteiger partial charge in [-0.05, 0) is 110 Å². The molecular formula is C48H34N2. The van der Waals surface area contributed by atoms with Gasteiger partial charge in [-0.3, -0.25) is 0 Å². The zero-order valence-corrected chi connectivity index (χ0v) is 28.1. The van der Waals surface area contributed by atoms with E-state index in [2.05, 4.69) is 193 Å². The summed E-state index contributed by atoms with van der Waals surface area (Å²) in [5.41, 5.74) is 12.4. The van der Waals surface area contributed by atoms with Gasteiger partial charge >= 0.3 is 0 Å². The van der Waals surface area contributed by atoms with E-state index in [-0.39, 0.29) is 0 Å². The summed E-state index contributed by atoms with van der Waals surface area (Å²) in [6, 6.07) is 58.1. The van der Waals surface area contributed by atoms with E-state index in [1.807, 2.05) is 0 Å². The highest BCUT2D eigenvalue weighted by Gasteiger charge is 2.11. The van der Waals surface area contributed by atoms with Crippen molar-refractivity contribution in [2.75, 3.05) is 0 Å². The number of para-hydroxylation sites is 2. The zero-order chi connectivity index (χ0) is 33.3. The second-order valence-electron chi connectivity index (χ2n) is 13.6. The van der Waals surface area contributed by atoms with Crippen molar-refractivity contribution in [3.8, 4) is 22.3 Å². The standard InChI is InChI=1S/C48H34N2/c1-49-46-10-6-4-8-42(46)44-29-39(22-24-47(44)49)37-19-17-33-25-31(13-15-35(33)27-37)11-12-32-14-16-36-28-38(20-18-34(36)26-32)40-21-23-43-41-7-3-5-9-45(41)50(2)48(43)30-40/h3-30H,1-2H3/b12-11+. The number of hydrogen-bond donors (Lipinski definition) is 0. The Bertz CT molecular complexity index is 3000. The summed E-state index contributed by atoms with van der Waals surface area (Å²) in [6.07, 6.45) is 4.44. The summed E-state index contributed by atoms with van der Waals surface area (Å²) in [6.45, 7) is 0. The molecule has 10 rings (SSSR count). The molecule has 236 valence electrons. The van der Waals surface area contributed by atoms with Gasteiger partial charge in [0, 0.05) is 57.7 Å². The Labute approximate surface area is 290 Å². The molecule has 0 atom stereocenters. The van der Waals surface area contributed by atoms with Crippen molar-refractivity contribution in [2.45, 2.75) is 0 Å². The van der Waals surface area contributed by atoms with Crippen molar-refractivity contribution in [1.82, 2.24) is 9.13 Å². The average molecular weight is 639 g/mol. The van der Waals surface area contributed by atoms with Gasteiger partial charge in [-0.15, -0.1) is 0 Å². The van der Waals surface area contributed by atoms with E-state index in [1.165, 1.54) is 98.5 Å². The highest BCUT2D eigenvalue weighted by molar-refractivity contribution is 6.10. The summed E-state index contributed by atoms with van der Waals surface area (Å²) < 4.78 is 4.58. The first-order chi connectivity index (χ1) is 24.6. The van der Waals surface area contributed by atoms with E-state index in [9.17, 15) is 0 Å². The largest absolute Gasteiger partial charge is 0.344 e. The molecule has 0 aliphatic heterocycles. The Hall–Kier alpha value is -6.38. The van der Waals surface area contributed by atoms with E-state index in [1.54, 1.807) is 0 Å². The van der Waals surface area contributed by atoms with Crippen LogP contribution in [0.2, 0.25) is 0 Å². The number of benzene rings is 8. The van der Waals surface area contributed by atoms with Crippen LogP contribution >= 0.6 is 0 Å². The predicted molar refractivity (Wildman–Crippen MR) is 216 cm³/mol. The van der Waals surface area contributed by atoms with E-state index < -0.39 is 0 Å². The van der Waals surface area contributed by atoms with Crippen LogP contribution in [0.25, 0.3) is 99.6 Å². The molecule has 0 radical (unpaired) electrons. The third-order valence-electron chi connectivity index (χ3n) is 10.7. The molecule has 0 bridgehead atoms. The minimum absolute atomic E-state index is 1.20. The molecule has 0 saturated carbocycles. The fourth-order valence-electron chi connectivity index (χ4n) is 7.97. The van der Waals surface area contributed by atoms with Crippen molar-refractivity contribution in [3.05, 3.63) is 169 Å². The molecule has 2 heterocycles. The summed E-state index contributed by atoms with van der Waals surface area (Å²) in [4.78, 5) is 0. The normalized spacial score (nSPS) is 12.1. The van der Waals surface area contributed by atoms with Crippen molar-refractivity contribution < 1.29 is 0 Å². The Morgan fingerprint density at radius 2 is 0.740 bits per heavy atom. The molecule has 0 unspecified atom stereocenters. The van der Waals surface area contributed by atoms with Crippen LogP contribution in [0.15, 0.2) is 158 Å². The monoisotopic (exact) mass is 638 g/mol. The quantitative estimate of drug-likeness (QED) is 0.170. The van der Waals surface area contributed by atoms with E-state index in [0.29, 0.717) is 0 Å². The zero-order valence-electron chi connectivity index (χ0n) is 28.1. The summed E-state index contributed by atoms with van der Waals surface area (Å²) in [7, 11) is 4.31. The number of rotatable bonds is 4. The molecule has 2 aromatic heterocycles. The maximum absolute atomic E-state index is 2.34. The summed E-state index contributed by atoms with van der Waals surface area (Å²) in [5.74, 6) is 0. The van der Waals surface area contributed by atoms with Gasteiger partial charge in [0.1, 0.15) is 0 Å². The second kappa shape index (κ2) is 11.1. The Balaban J connectivity index is 0.911. The summed E-state index contributed by atoms with van der Waals surface area (Å²) >= 11 is 0. The lowest BCUT2D eigenvalue weighted by Crippen LogP contribution is -1.87. The smallest absolute Gasteiger partial charge is 0.0494 e. The van der Waals surface area contributed by atoms with Crippen LogP contribution in [0.3, 0.4) is 0 Å². The number of aryl methyl sites for hydroxylation is 2. The molecule has 10 aromatic rings. The van der Waals surface area contributed by atoms with Gasteiger partial charge in [0.15, 0.2) is 0 Å². The third kappa shape index (κ3) is 4.57. The molecule has 0 aliphatic carbocycles. The first-order valence-corrected chi connectivity index (χ1v) is 17.3. The minimum atomic E-state index is 1.20. The van der Waals surface area contributed by atoms with Gasteiger partial charge in [0.2, 0.25) is 0 Å². The van der Waals surface area contributed by atoms with Gasteiger partial charge in [0.25, 0.3) is 0 Å². The maximum Gasteiger partial charge on any atom is 0.0494 e. The highest BCUT2D eigenvalue weighted by Crippen LogP contribution is 2.35. The molecule has 2 nitrogen and oxygen atoms in total. The Kier molecular flexibility index (Phi) is 6.34. The van der Waals surface area contributed by atoms with Crippen LogP contribution in [-0.4, -0.2) is 9.13 Å². The molecule has 8 aromatic carbocycles. The van der Waals surface area contributed by atoms with Crippen LogP contribution in [0, 0.1) is 0 Å². The average Bonchev–Trinajstić information content (AvgIpc) is 3.62. The number of nitrogens with zero attached hydrogens (tertiary/aromatic N) is 2. The van der Waals surface area contributed by atoms with Crippen molar-refractivity contribution in [3.63, 3.8) is 0 Å². The molecule has 2 heteroatoms. The molecular weight excluding hydrogens is 605 g/mol. The maximum atomic E-state index is 2.34. The molecule has 0 saturated heterocycles. The van der Waals surface area contributed by atoms with Crippen LogP contribution < -0.4 is 0 Å². The predicted octanol–water partition coefficient (Wildman–Crippen LogP) is 12.8. The van der Waals surface area contributed by atoms with E-state index in [4.69, 9.17) is 0 Å². The lowest BCUT2D eigenvalue weighted by molar-refractivity contribution is 1.01. The number of hydrogen-bond acceptors (Lipinski definition) is 0. The first kappa shape index (κ1) is 28.6. The van der Waals surface area contributed by atoms with Gasteiger partial charge in [-0.2, -0.15) is 0 Å². The van der Waals surface area contributed by atoms with Crippen molar-refractivity contribution >= 4 is 77.3 Å². The Morgan fingerprint density at radius 1 is 0.320 bits per heavy atom. The van der Waals surface area contributed by atoms with Crippen molar-refractivity contribution in [2.24, 2.45) is 14.1 Å². The first-order valence-electron chi connectivity index (χ1n) is 17.3. The van der Waals surface area contributed by atoms with E-state index in [0.717, 1.165) is 0 Å². The van der Waals surface area contributed by atoms with Crippen molar-refractivity contribution in [1.29, 1.82) is 0 Å². The van der Waals surface area contributed by atoms with Crippen LogP contribution in [0.5, 0.6) is 0 Å². The topological polar surface area (TPSA) is 9.86 Å². The second-order valence-corrected chi connectivity index (χ2v) is 13.6. The fourth-order valence-corrected chi connectivity index (χ4v) is 7.97. The number of fused-ring (bicyclic) bond motifs is 8. The van der Waals surface area contributed by atoms with E-state index >= 15 is 0 Å². The third-order valence-corrected chi connectivity index (χ3v) is 10.7. The van der Waals surface area contributed by atoms with Crippen LogP contribution in [0.1, 0.15) is 11.1 Å². The molecule has 0 aliphatic rings. The summed E-state index contributed by atoms with van der Waals surface area (Å²) in [5, 5.41) is 10.2. The molecule has 0 N–H and O–H groups in total. The van der Waals surface area contributed by atoms with Gasteiger partial charge in [0.05, 0.1) is 0 Å². The molecule has 0 amide bonds. The molecule has 0 spiro atoms. The lowest BCUT2D eigenvalue weighted by Gasteiger charge is -2.07. The molecule has 0 fully saturated rings.